The first-order valence-electron chi connectivity index (χ1n) is 14.5. The third-order valence-corrected chi connectivity index (χ3v) is 6.54. The number of nitrogens with one attached hydrogen (secondary N) is 5. The van der Waals surface area contributed by atoms with Crippen molar-refractivity contribution in [2.24, 2.45) is 11.8 Å². The highest BCUT2D eigenvalue weighted by Gasteiger charge is 2.35. The molecule has 1 heterocycles. The monoisotopic (exact) mass is 603 g/mol. The Bertz CT molecular complexity index is 1120. The maximum atomic E-state index is 13.5. The lowest BCUT2D eigenvalue weighted by Gasteiger charge is -2.29. The Morgan fingerprint density at radius 1 is 1.00 bits per heavy atom. The van der Waals surface area contributed by atoms with Gasteiger partial charge in [-0.3, -0.25) is 14.4 Å². The fourth-order valence-electron chi connectivity index (χ4n) is 4.43. The van der Waals surface area contributed by atoms with Gasteiger partial charge in [0.05, 0.1) is 6.04 Å². The molecule has 1 aliphatic rings. The first-order valence-corrected chi connectivity index (χ1v) is 14.5. The number of hydrogen-bond donors (Lipinski definition) is 5. The molecule has 1 saturated heterocycles. The largest absolute Gasteiger partial charge is 0.445 e. The van der Waals surface area contributed by atoms with Gasteiger partial charge in [-0.05, 0) is 58.4 Å². The van der Waals surface area contributed by atoms with Crippen molar-refractivity contribution in [2.75, 3.05) is 6.54 Å². The summed E-state index contributed by atoms with van der Waals surface area (Å²) in [6, 6.07) is 5.47. The zero-order chi connectivity index (χ0) is 32.2. The summed E-state index contributed by atoms with van der Waals surface area (Å²) in [5.74, 6) is -2.04. The highest BCUT2D eigenvalue weighted by molar-refractivity contribution is 5.92. The molecule has 1 fully saturated rings. The molecular formula is C30H45N5O8. The van der Waals surface area contributed by atoms with Crippen LogP contribution in [-0.2, 0) is 35.3 Å². The van der Waals surface area contributed by atoms with Gasteiger partial charge in [0.2, 0.25) is 17.7 Å². The van der Waals surface area contributed by atoms with E-state index in [9.17, 15) is 28.8 Å². The molecule has 0 aromatic heterocycles. The number of rotatable bonds is 14. The standard InChI is InChI=1S/C30H45N5O8/c1-18(2)14-23(26(38)32-22(16-36)15-21-12-13-31-25(21)37)33-27(39)24(19(3)43-29(41)35-30(4,5)6)34-28(40)42-17-20-10-8-7-9-11-20/h7-11,16,18-19,21-24H,12-15,17H2,1-6H3,(H,31,37)(H,32,38)(H,33,39)(H,34,40)(H,35,41)/t19?,21-,22-,23-,24-/m0/s1. The molecule has 1 aromatic carbocycles. The van der Waals surface area contributed by atoms with Crippen molar-refractivity contribution in [2.45, 2.75) is 97.2 Å². The van der Waals surface area contributed by atoms with Crippen LogP contribution in [0.1, 0.15) is 66.4 Å². The highest BCUT2D eigenvalue weighted by atomic mass is 16.6. The van der Waals surface area contributed by atoms with Gasteiger partial charge in [0, 0.05) is 18.0 Å². The van der Waals surface area contributed by atoms with Crippen molar-refractivity contribution >= 4 is 36.2 Å². The fraction of sp³-hybridized carbons (Fsp3) is 0.600. The number of hydrogen-bond acceptors (Lipinski definition) is 8. The van der Waals surface area contributed by atoms with Crippen molar-refractivity contribution in [1.29, 1.82) is 0 Å². The van der Waals surface area contributed by atoms with E-state index in [1.54, 1.807) is 45.0 Å². The molecule has 2 rings (SSSR count). The second-order valence-electron chi connectivity index (χ2n) is 12.1. The van der Waals surface area contributed by atoms with Crippen LogP contribution in [0.25, 0.3) is 0 Å². The van der Waals surface area contributed by atoms with Crippen LogP contribution in [0.4, 0.5) is 9.59 Å². The van der Waals surface area contributed by atoms with Crippen LogP contribution in [0, 0.1) is 11.8 Å². The van der Waals surface area contributed by atoms with E-state index >= 15 is 0 Å². The number of amides is 5. The van der Waals surface area contributed by atoms with Gasteiger partial charge in [0.15, 0.2) is 0 Å². The van der Waals surface area contributed by atoms with E-state index in [1.165, 1.54) is 6.92 Å². The van der Waals surface area contributed by atoms with Crippen LogP contribution < -0.4 is 26.6 Å². The Balaban J connectivity index is 2.17. The third kappa shape index (κ3) is 12.7. The SMILES string of the molecule is CC(C)C[C@H](NC(=O)[C@@H](NC(=O)OCc1ccccc1)C(C)OC(=O)NC(C)(C)C)C(=O)N[C@H](C=O)C[C@@H]1CCNC1=O. The third-order valence-electron chi connectivity index (χ3n) is 6.54. The number of ether oxygens (including phenoxy) is 2. The molecule has 13 heteroatoms. The molecule has 1 aliphatic heterocycles. The summed E-state index contributed by atoms with van der Waals surface area (Å²) >= 11 is 0. The van der Waals surface area contributed by atoms with Crippen molar-refractivity contribution in [1.82, 2.24) is 26.6 Å². The summed E-state index contributed by atoms with van der Waals surface area (Å²) in [5, 5.41) is 13.0. The predicted octanol–water partition coefficient (Wildman–Crippen LogP) is 1.94. The van der Waals surface area contributed by atoms with Gasteiger partial charge in [0.25, 0.3) is 0 Å². The van der Waals surface area contributed by atoms with Crippen molar-refractivity contribution in [3.05, 3.63) is 35.9 Å². The smallest absolute Gasteiger partial charge is 0.408 e. The maximum absolute atomic E-state index is 13.5. The quantitative estimate of drug-likeness (QED) is 0.200. The maximum Gasteiger partial charge on any atom is 0.408 e. The van der Waals surface area contributed by atoms with Crippen molar-refractivity contribution in [3.8, 4) is 0 Å². The van der Waals surface area contributed by atoms with E-state index in [-0.39, 0.29) is 31.3 Å². The van der Waals surface area contributed by atoms with E-state index < -0.39 is 59.7 Å². The average molecular weight is 604 g/mol. The Hall–Kier alpha value is -4.16. The summed E-state index contributed by atoms with van der Waals surface area (Å²) in [5.41, 5.74) is 0.103. The summed E-state index contributed by atoms with van der Waals surface area (Å²) in [7, 11) is 0. The minimum absolute atomic E-state index is 0.0418. The number of carbonyl (C=O) groups excluding carboxylic acids is 6. The van der Waals surface area contributed by atoms with E-state index in [2.05, 4.69) is 26.6 Å². The fourth-order valence-corrected chi connectivity index (χ4v) is 4.43. The zero-order valence-corrected chi connectivity index (χ0v) is 25.7. The molecule has 43 heavy (non-hydrogen) atoms. The highest BCUT2D eigenvalue weighted by Crippen LogP contribution is 2.16. The van der Waals surface area contributed by atoms with Crippen LogP contribution >= 0.6 is 0 Å². The Kier molecular flexibility index (Phi) is 13.4. The Labute approximate surface area is 252 Å². The van der Waals surface area contributed by atoms with Crippen molar-refractivity contribution < 1.29 is 38.2 Å². The second kappa shape index (κ2) is 16.5. The van der Waals surface area contributed by atoms with Crippen molar-refractivity contribution in [3.63, 3.8) is 0 Å². The average Bonchev–Trinajstić information content (AvgIpc) is 3.32. The summed E-state index contributed by atoms with van der Waals surface area (Å²) < 4.78 is 10.7. The molecule has 0 radical (unpaired) electrons. The van der Waals surface area contributed by atoms with Gasteiger partial charge < -0.3 is 40.9 Å². The molecule has 13 nitrogen and oxygen atoms in total. The van der Waals surface area contributed by atoms with Gasteiger partial charge in [0.1, 0.15) is 31.1 Å². The number of benzene rings is 1. The number of aldehydes is 1. The molecule has 0 saturated carbocycles. The van der Waals surface area contributed by atoms with Crippen LogP contribution in [0.15, 0.2) is 30.3 Å². The van der Waals surface area contributed by atoms with E-state index in [4.69, 9.17) is 9.47 Å². The molecule has 0 bridgehead atoms. The lowest BCUT2D eigenvalue weighted by atomic mass is 9.98. The van der Waals surface area contributed by atoms with Crippen LogP contribution in [0.3, 0.4) is 0 Å². The van der Waals surface area contributed by atoms with E-state index in [0.717, 1.165) is 5.56 Å². The van der Waals surface area contributed by atoms with E-state index in [1.807, 2.05) is 19.9 Å². The topological polar surface area (TPSA) is 181 Å². The molecular weight excluding hydrogens is 558 g/mol. The molecule has 1 aromatic rings. The predicted molar refractivity (Wildman–Crippen MR) is 157 cm³/mol. The second-order valence-corrected chi connectivity index (χ2v) is 12.1. The first-order chi connectivity index (χ1) is 20.2. The molecule has 0 spiro atoms. The van der Waals surface area contributed by atoms with Gasteiger partial charge in [-0.15, -0.1) is 0 Å². The van der Waals surface area contributed by atoms with Crippen LogP contribution in [-0.4, -0.2) is 72.5 Å². The van der Waals surface area contributed by atoms with Crippen LogP contribution in [0.2, 0.25) is 0 Å². The molecule has 0 aliphatic carbocycles. The lowest BCUT2D eigenvalue weighted by molar-refractivity contribution is -0.132. The molecule has 5 atom stereocenters. The molecule has 5 amide bonds. The van der Waals surface area contributed by atoms with E-state index in [0.29, 0.717) is 19.3 Å². The zero-order valence-electron chi connectivity index (χ0n) is 25.7. The number of alkyl carbamates (subject to hydrolysis) is 2. The Morgan fingerprint density at radius 3 is 2.23 bits per heavy atom. The van der Waals surface area contributed by atoms with Gasteiger partial charge in [-0.25, -0.2) is 9.59 Å². The molecule has 1 unspecified atom stereocenters. The summed E-state index contributed by atoms with van der Waals surface area (Å²) in [6.45, 7) is 10.8. The number of carbonyl (C=O) groups is 6. The van der Waals surface area contributed by atoms with Crippen LogP contribution in [0.5, 0.6) is 0 Å². The van der Waals surface area contributed by atoms with Gasteiger partial charge >= 0.3 is 12.2 Å². The summed E-state index contributed by atoms with van der Waals surface area (Å²) in [4.78, 5) is 75.6. The molecule has 5 N–H and O–H groups in total. The summed E-state index contributed by atoms with van der Waals surface area (Å²) in [6.07, 6.45) is -1.45. The lowest BCUT2D eigenvalue weighted by Crippen LogP contribution is -2.59. The minimum Gasteiger partial charge on any atom is -0.445 e. The molecule has 238 valence electrons. The first kappa shape index (κ1) is 35.0. The van der Waals surface area contributed by atoms with Gasteiger partial charge in [-0.2, -0.15) is 0 Å². The normalized spacial score (nSPS) is 17.5. The Morgan fingerprint density at radius 2 is 1.67 bits per heavy atom. The van der Waals surface area contributed by atoms with Gasteiger partial charge in [-0.1, -0.05) is 44.2 Å². The minimum atomic E-state index is -1.43.